The third-order valence-corrected chi connectivity index (χ3v) is 4.36. The molecule has 26 heavy (non-hydrogen) atoms. The van der Waals surface area contributed by atoms with Gasteiger partial charge in [0, 0.05) is 51.8 Å². The van der Waals surface area contributed by atoms with Crippen molar-refractivity contribution in [3.63, 3.8) is 0 Å². The van der Waals surface area contributed by atoms with Gasteiger partial charge in [-0.05, 0) is 37.1 Å². The van der Waals surface area contributed by atoms with Crippen LogP contribution in [0, 0.1) is 5.92 Å². The third kappa shape index (κ3) is 5.37. The number of carbonyl (C=O) groups is 3. The largest absolute Gasteiger partial charge is 0.508 e. The topological polar surface area (TPSA) is 102 Å². The van der Waals surface area contributed by atoms with E-state index in [0.29, 0.717) is 44.6 Å². The Morgan fingerprint density at radius 1 is 1.08 bits per heavy atom. The van der Waals surface area contributed by atoms with Crippen LogP contribution in [0.4, 0.5) is 4.79 Å². The predicted molar refractivity (Wildman–Crippen MR) is 96.8 cm³/mol. The second-order valence-electron chi connectivity index (χ2n) is 6.53. The standard InChI is InChI=1S/C18H26N4O4/c1-21(2)18(26)22-11-7-14(8-12-22)17(25)20-10-9-19-16(24)13-3-5-15(23)6-4-13/h3-6,14,23H,7-12H2,1-2H3,(H,19,24)(H,20,25). The number of amides is 4. The van der Waals surface area contributed by atoms with Crippen molar-refractivity contribution in [3.8, 4) is 5.75 Å². The van der Waals surface area contributed by atoms with Crippen molar-refractivity contribution in [1.82, 2.24) is 20.4 Å². The van der Waals surface area contributed by atoms with Gasteiger partial charge in [0.2, 0.25) is 5.91 Å². The molecular formula is C18H26N4O4. The first-order valence-electron chi connectivity index (χ1n) is 8.69. The van der Waals surface area contributed by atoms with Gasteiger partial charge in [-0.15, -0.1) is 0 Å². The summed E-state index contributed by atoms with van der Waals surface area (Å²) in [6.07, 6.45) is 1.29. The Hall–Kier alpha value is -2.77. The number of nitrogens with one attached hydrogen (secondary N) is 2. The Balaban J connectivity index is 1.66. The minimum absolute atomic E-state index is 0.0270. The Morgan fingerprint density at radius 3 is 2.23 bits per heavy atom. The zero-order valence-electron chi connectivity index (χ0n) is 15.2. The van der Waals surface area contributed by atoms with E-state index in [2.05, 4.69) is 10.6 Å². The van der Waals surface area contributed by atoms with Gasteiger partial charge in [0.25, 0.3) is 5.91 Å². The molecule has 1 aromatic rings. The molecule has 1 aliphatic heterocycles. The summed E-state index contributed by atoms with van der Waals surface area (Å²) in [5.74, 6) is -0.295. The van der Waals surface area contributed by atoms with E-state index < -0.39 is 0 Å². The number of benzene rings is 1. The molecule has 0 unspecified atom stereocenters. The molecule has 8 heteroatoms. The lowest BCUT2D eigenvalue weighted by Gasteiger charge is -2.33. The van der Waals surface area contributed by atoms with Gasteiger partial charge in [-0.2, -0.15) is 0 Å². The molecular weight excluding hydrogens is 336 g/mol. The fourth-order valence-corrected chi connectivity index (χ4v) is 2.84. The predicted octanol–water partition coefficient (Wildman–Crippen LogP) is 0.632. The molecule has 0 saturated carbocycles. The SMILES string of the molecule is CN(C)C(=O)N1CCC(C(=O)NCCNC(=O)c2ccc(O)cc2)CC1. The van der Waals surface area contributed by atoms with Gasteiger partial charge in [-0.25, -0.2) is 4.79 Å². The molecule has 8 nitrogen and oxygen atoms in total. The Labute approximate surface area is 153 Å². The first-order chi connectivity index (χ1) is 12.4. The number of aromatic hydroxyl groups is 1. The minimum atomic E-state index is -0.255. The summed E-state index contributed by atoms with van der Waals surface area (Å²) in [4.78, 5) is 39.3. The van der Waals surface area contributed by atoms with E-state index >= 15 is 0 Å². The highest BCUT2D eigenvalue weighted by Crippen LogP contribution is 2.18. The van der Waals surface area contributed by atoms with Crippen LogP contribution >= 0.6 is 0 Å². The minimum Gasteiger partial charge on any atom is -0.508 e. The lowest BCUT2D eigenvalue weighted by molar-refractivity contribution is -0.126. The second-order valence-corrected chi connectivity index (χ2v) is 6.53. The molecule has 0 atom stereocenters. The lowest BCUT2D eigenvalue weighted by atomic mass is 9.96. The molecule has 1 fully saturated rings. The van der Waals surface area contributed by atoms with Crippen LogP contribution < -0.4 is 10.6 Å². The zero-order valence-corrected chi connectivity index (χ0v) is 15.2. The quantitative estimate of drug-likeness (QED) is 0.669. The van der Waals surface area contributed by atoms with Crippen LogP contribution in [0.2, 0.25) is 0 Å². The number of carbonyl (C=O) groups excluding carboxylic acids is 3. The number of piperidine rings is 1. The summed E-state index contributed by atoms with van der Waals surface area (Å²) in [7, 11) is 3.43. The Bertz CT molecular complexity index is 637. The average molecular weight is 362 g/mol. The molecule has 0 aromatic heterocycles. The number of phenols is 1. The summed E-state index contributed by atoms with van der Waals surface area (Å²) in [5, 5.41) is 14.8. The van der Waals surface area contributed by atoms with E-state index in [1.807, 2.05) is 0 Å². The van der Waals surface area contributed by atoms with E-state index in [1.54, 1.807) is 19.0 Å². The molecule has 1 aliphatic rings. The van der Waals surface area contributed by atoms with Crippen LogP contribution in [0.1, 0.15) is 23.2 Å². The molecule has 0 radical (unpaired) electrons. The van der Waals surface area contributed by atoms with E-state index in [4.69, 9.17) is 0 Å². The monoisotopic (exact) mass is 362 g/mol. The highest BCUT2D eigenvalue weighted by atomic mass is 16.3. The van der Waals surface area contributed by atoms with Crippen LogP contribution in [0.3, 0.4) is 0 Å². The first kappa shape index (κ1) is 19.6. The van der Waals surface area contributed by atoms with Crippen molar-refractivity contribution < 1.29 is 19.5 Å². The van der Waals surface area contributed by atoms with E-state index in [1.165, 1.54) is 29.2 Å². The van der Waals surface area contributed by atoms with Crippen LogP contribution in [-0.2, 0) is 4.79 Å². The molecule has 1 heterocycles. The zero-order chi connectivity index (χ0) is 19.1. The van der Waals surface area contributed by atoms with Crippen molar-refractivity contribution >= 4 is 17.8 Å². The van der Waals surface area contributed by atoms with Gasteiger partial charge in [0.1, 0.15) is 5.75 Å². The number of phenolic OH excluding ortho intramolecular Hbond substituents is 1. The van der Waals surface area contributed by atoms with E-state index in [-0.39, 0.29) is 29.5 Å². The van der Waals surface area contributed by atoms with Gasteiger partial charge in [0.05, 0.1) is 0 Å². The number of hydrogen-bond acceptors (Lipinski definition) is 4. The summed E-state index contributed by atoms with van der Waals surface area (Å²) < 4.78 is 0. The Morgan fingerprint density at radius 2 is 1.65 bits per heavy atom. The number of rotatable bonds is 5. The van der Waals surface area contributed by atoms with E-state index in [0.717, 1.165) is 0 Å². The number of likely N-dealkylation sites (tertiary alicyclic amines) is 1. The highest BCUT2D eigenvalue weighted by molar-refractivity contribution is 5.94. The summed E-state index contributed by atoms with van der Waals surface area (Å²) in [6.45, 7) is 1.82. The molecule has 1 aromatic carbocycles. The molecule has 0 aliphatic carbocycles. The Kier molecular flexibility index (Phi) is 6.82. The number of hydrogen-bond donors (Lipinski definition) is 3. The van der Waals surface area contributed by atoms with Gasteiger partial charge in [-0.3, -0.25) is 9.59 Å². The first-order valence-corrected chi connectivity index (χ1v) is 8.69. The van der Waals surface area contributed by atoms with Crippen LogP contribution in [-0.4, -0.2) is 73.0 Å². The fourth-order valence-electron chi connectivity index (χ4n) is 2.84. The van der Waals surface area contributed by atoms with Crippen LogP contribution in [0.15, 0.2) is 24.3 Å². The van der Waals surface area contributed by atoms with Gasteiger partial charge in [0.15, 0.2) is 0 Å². The van der Waals surface area contributed by atoms with Gasteiger partial charge in [-0.1, -0.05) is 0 Å². The van der Waals surface area contributed by atoms with Crippen molar-refractivity contribution in [2.45, 2.75) is 12.8 Å². The van der Waals surface area contributed by atoms with Crippen molar-refractivity contribution in [3.05, 3.63) is 29.8 Å². The molecule has 3 N–H and O–H groups in total. The maximum atomic E-state index is 12.2. The second kappa shape index (κ2) is 9.07. The fraction of sp³-hybridized carbons (Fsp3) is 0.500. The molecule has 0 bridgehead atoms. The molecule has 2 rings (SSSR count). The van der Waals surface area contributed by atoms with Crippen LogP contribution in [0.5, 0.6) is 5.75 Å². The summed E-state index contributed by atoms with van der Waals surface area (Å²) >= 11 is 0. The normalized spacial score (nSPS) is 14.6. The van der Waals surface area contributed by atoms with Crippen LogP contribution in [0.25, 0.3) is 0 Å². The maximum Gasteiger partial charge on any atom is 0.319 e. The molecule has 0 spiro atoms. The van der Waals surface area contributed by atoms with Crippen molar-refractivity contribution in [2.75, 3.05) is 40.3 Å². The number of urea groups is 1. The van der Waals surface area contributed by atoms with Crippen molar-refractivity contribution in [1.29, 1.82) is 0 Å². The average Bonchev–Trinajstić information content (AvgIpc) is 2.64. The highest BCUT2D eigenvalue weighted by Gasteiger charge is 2.27. The molecule has 1 saturated heterocycles. The van der Waals surface area contributed by atoms with Gasteiger partial charge < -0.3 is 25.5 Å². The van der Waals surface area contributed by atoms with Gasteiger partial charge >= 0.3 is 6.03 Å². The lowest BCUT2D eigenvalue weighted by Crippen LogP contribution is -2.47. The number of nitrogens with zero attached hydrogens (tertiary/aromatic N) is 2. The maximum absolute atomic E-state index is 12.2. The van der Waals surface area contributed by atoms with E-state index in [9.17, 15) is 19.5 Å². The molecule has 4 amide bonds. The van der Waals surface area contributed by atoms with Crippen molar-refractivity contribution in [2.24, 2.45) is 5.92 Å². The molecule has 142 valence electrons. The summed E-state index contributed by atoms with van der Waals surface area (Å²) in [5.41, 5.74) is 0.451. The third-order valence-electron chi connectivity index (χ3n) is 4.36. The smallest absolute Gasteiger partial charge is 0.319 e. The summed E-state index contributed by atoms with van der Waals surface area (Å²) in [6, 6.07) is 5.94.